The summed E-state index contributed by atoms with van der Waals surface area (Å²) in [5, 5.41) is 24.1. The van der Waals surface area contributed by atoms with E-state index in [-0.39, 0.29) is 100 Å². The molecule has 6 heterocycles. The monoisotopic (exact) mass is 1920 g/mol. The number of ether oxygens (including phenoxy) is 7. The molecule has 684 valence electrons. The summed E-state index contributed by atoms with van der Waals surface area (Å²) < 4.78 is 269. The Morgan fingerprint density at radius 1 is 0.341 bits per heavy atom. The molecule has 0 fully saturated rings. The highest BCUT2D eigenvalue weighted by Gasteiger charge is 2.53. The van der Waals surface area contributed by atoms with Crippen LogP contribution in [0.5, 0.6) is 46.0 Å². The number of rotatable bonds is 10. The van der Waals surface area contributed by atoms with E-state index in [4.69, 9.17) is 91.2 Å². The standard InChI is InChI=1S/C18H11ClF3NO5.C16H16ClF3O2.C16H11F3O2.C13H10ClF3O2.C12H7Cl2F3O2.C12H8F3NO4/c1-9(24)13-6-10-7-14(19)16(8-15(10)28-17(13)18(20,21)22)27-12-4-2-11(3-5-12)23(25)26;1-8(21)10-5-9-6-12(17)11(15(2,3)4)7-13(9)22-14(10)16(18,19)20;1-9(20)13-7-12-6-10-4-2-3-5-11(10)8-14(12)21-15(13)16(17,18)19;1-6-3-9(14)4-8-5-10(7(2)18)12(13(15,16)17)19-11(6)8;1-5(18)8-3-6-2-7(13)4-9(14)10(6)19-11(8)12(15,16)17;1-6(17)9-5-7-4-8(16(18)19)2-3-10(7)20-11(9)12(13,14)15/h2-8,17H,1H3;5-7,14H,1-4H3;2-8,15H,1H3;3-5,12H,1-2H3;2-4,11H,1H3;2-5,11H,1H3/t;14-;;;11-;/m.0..0./s1. The van der Waals surface area contributed by atoms with Crippen molar-refractivity contribution in [3.8, 4) is 46.0 Å². The van der Waals surface area contributed by atoms with Crippen LogP contribution in [0.1, 0.15) is 107 Å². The maximum atomic E-state index is 13.2. The van der Waals surface area contributed by atoms with Crippen LogP contribution in [0, 0.1) is 27.2 Å². The number of hydrogen-bond donors (Lipinski definition) is 0. The van der Waals surface area contributed by atoms with Crippen molar-refractivity contribution in [2.75, 3.05) is 0 Å². The van der Waals surface area contributed by atoms with E-state index in [0.717, 1.165) is 88.7 Å². The Kier molecular flexibility index (Phi) is 30.3. The van der Waals surface area contributed by atoms with Gasteiger partial charge in [-0.15, -0.1) is 0 Å². The lowest BCUT2D eigenvalue weighted by molar-refractivity contribution is -0.385. The molecule has 42 heteroatoms. The fourth-order valence-corrected chi connectivity index (χ4v) is 14.4. The van der Waals surface area contributed by atoms with Gasteiger partial charge >= 0.3 is 37.1 Å². The van der Waals surface area contributed by atoms with Crippen molar-refractivity contribution >= 4 is 151 Å². The van der Waals surface area contributed by atoms with Crippen LogP contribution in [0.4, 0.5) is 90.4 Å². The summed E-state index contributed by atoms with van der Waals surface area (Å²) in [5.74, 6) is -4.20. The molecule has 0 aliphatic carbocycles. The number of Topliss-reactive ketones (excluding diaryl/α,β-unsaturated/α-hetero) is 6. The summed E-state index contributed by atoms with van der Waals surface area (Å²) in [6, 6.07) is 30.0. The first-order valence-corrected chi connectivity index (χ1v) is 38.8. The van der Waals surface area contributed by atoms with Gasteiger partial charge in [0, 0.05) is 112 Å². The first-order chi connectivity index (χ1) is 59.4. The number of aryl methyl sites for hydroxylation is 1. The molecule has 0 aromatic heterocycles. The normalized spacial score (nSPS) is 17.7. The molecule has 8 aromatic rings. The topological polar surface area (TPSA) is 253 Å². The number of hydrogen-bond acceptors (Lipinski definition) is 17. The van der Waals surface area contributed by atoms with Gasteiger partial charge in [0.2, 0.25) is 36.6 Å². The van der Waals surface area contributed by atoms with Gasteiger partial charge in [-0.2, -0.15) is 79.0 Å². The van der Waals surface area contributed by atoms with Gasteiger partial charge in [0.1, 0.15) is 46.0 Å². The lowest BCUT2D eigenvalue weighted by Crippen LogP contribution is -2.40. The van der Waals surface area contributed by atoms with Crippen molar-refractivity contribution in [2.45, 2.75) is 148 Å². The molecule has 0 spiro atoms. The minimum absolute atomic E-state index is 0.00475. The number of halogens is 23. The Labute approximate surface area is 743 Å². The van der Waals surface area contributed by atoms with E-state index >= 15 is 0 Å². The molecule has 0 radical (unpaired) electrons. The summed E-state index contributed by atoms with van der Waals surface area (Å²) in [7, 11) is 0. The number of ketones is 6. The number of carbonyl (C=O) groups is 6. The number of nitro groups is 2. The van der Waals surface area contributed by atoms with Crippen LogP contribution in [-0.2, 0) is 34.2 Å². The van der Waals surface area contributed by atoms with Crippen molar-refractivity contribution in [1.82, 2.24) is 0 Å². The fourth-order valence-electron chi connectivity index (χ4n) is 12.9. The second-order valence-electron chi connectivity index (χ2n) is 29.6. The third kappa shape index (κ3) is 24.5. The molecule has 4 unspecified atom stereocenters. The van der Waals surface area contributed by atoms with Gasteiger partial charge in [0.25, 0.3) is 11.4 Å². The first kappa shape index (κ1) is 101. The van der Waals surface area contributed by atoms with Crippen molar-refractivity contribution in [3.63, 3.8) is 0 Å². The minimum atomic E-state index is -4.78. The molecule has 0 N–H and O–H groups in total. The fraction of sp³-hybridized carbons (Fsp3) is 0.264. The number of alkyl halides is 18. The third-order valence-electron chi connectivity index (χ3n) is 18.9. The van der Waals surface area contributed by atoms with Crippen LogP contribution in [0.3, 0.4) is 0 Å². The van der Waals surface area contributed by atoms with E-state index in [1.807, 2.05) is 32.9 Å². The average Bonchev–Trinajstić information content (AvgIpc) is 0.766. The second-order valence-corrected chi connectivity index (χ2v) is 31.7. The summed E-state index contributed by atoms with van der Waals surface area (Å²) in [6.45, 7) is 13.6. The van der Waals surface area contributed by atoms with Gasteiger partial charge in [-0.05, 0) is 185 Å². The first-order valence-electron chi connectivity index (χ1n) is 36.9. The van der Waals surface area contributed by atoms with Crippen molar-refractivity contribution in [1.29, 1.82) is 0 Å². The van der Waals surface area contributed by atoms with E-state index in [2.05, 4.69) is 0 Å². The molecule has 0 saturated carbocycles. The number of non-ortho nitro benzene ring substituents is 2. The van der Waals surface area contributed by atoms with Crippen molar-refractivity contribution in [2.24, 2.45) is 0 Å². The molecule has 6 aliphatic heterocycles. The highest BCUT2D eigenvalue weighted by atomic mass is 35.5. The Balaban J connectivity index is 0.000000176. The van der Waals surface area contributed by atoms with Gasteiger partial charge in [-0.25, -0.2) is 0 Å². The maximum Gasteiger partial charge on any atom is 0.429 e. The van der Waals surface area contributed by atoms with Gasteiger partial charge in [-0.1, -0.05) is 103 Å². The Bertz CT molecular complexity index is 5940. The number of benzene rings is 8. The SMILES string of the molecule is CC(=O)C1=Cc2cc(Cl)c(C(C)(C)C)cc2O[C@@H]1C(F)(F)F.CC(=O)C1=Cc2cc(Cl)c(Oc3ccc([N+](=O)[O-])cc3)cc2OC1C(F)(F)F.CC(=O)C1=Cc2cc(Cl)cc(C)c2OC1C(F)(F)F.CC(=O)C1=Cc2cc(Cl)cc(Cl)c2O[C@@H]1C(F)(F)F.CC(=O)C1=Cc2cc([N+](=O)[O-])ccc2OC1C(F)(F)F.CC(=O)C1=Cc2cc3ccccc3cc2OC1C(F)(F)F. The zero-order valence-electron chi connectivity index (χ0n) is 67.6. The largest absolute Gasteiger partial charge is 0.475 e. The molecular weight excluding hydrogens is 1860 g/mol. The van der Waals surface area contributed by atoms with Crippen LogP contribution >= 0.6 is 58.0 Å². The number of carbonyl (C=O) groups excluding carboxylic acids is 6. The Hall–Kier alpha value is -11.9. The highest BCUT2D eigenvalue weighted by molar-refractivity contribution is 6.36. The number of fused-ring (bicyclic) bond motifs is 7. The molecule has 0 bridgehead atoms. The van der Waals surface area contributed by atoms with Gasteiger partial charge < -0.3 is 33.2 Å². The average molecular weight is 1930 g/mol. The maximum absolute atomic E-state index is 13.2. The summed E-state index contributed by atoms with van der Waals surface area (Å²) in [6.07, 6.45) is -35.0. The number of nitro benzene ring substituents is 2. The van der Waals surface area contributed by atoms with Gasteiger partial charge in [-0.3, -0.25) is 49.0 Å². The van der Waals surface area contributed by atoms with E-state index < -0.39 is 146 Å². The minimum Gasteiger partial charge on any atom is -0.475 e. The lowest BCUT2D eigenvalue weighted by atomic mass is 9.85. The van der Waals surface area contributed by atoms with Crippen molar-refractivity contribution in [3.05, 3.63) is 251 Å². The smallest absolute Gasteiger partial charge is 0.429 e. The molecule has 19 nitrogen and oxygen atoms in total. The summed E-state index contributed by atoms with van der Waals surface area (Å²) in [5.41, 5.74) is -0.606. The second kappa shape index (κ2) is 38.8. The quantitative estimate of drug-likeness (QED) is 0.0700. The van der Waals surface area contributed by atoms with Crippen LogP contribution in [0.25, 0.3) is 47.2 Å². The molecule has 6 atom stereocenters. The highest BCUT2D eigenvalue weighted by Crippen LogP contribution is 2.49. The van der Waals surface area contributed by atoms with Crippen LogP contribution in [0.2, 0.25) is 25.1 Å². The van der Waals surface area contributed by atoms with E-state index in [1.54, 1.807) is 31.2 Å². The van der Waals surface area contributed by atoms with E-state index in [0.29, 0.717) is 37.9 Å². The zero-order chi connectivity index (χ0) is 96.5. The molecule has 129 heavy (non-hydrogen) atoms. The predicted octanol–water partition coefficient (Wildman–Crippen LogP) is 25.5. The Morgan fingerprint density at radius 2 is 0.659 bits per heavy atom. The predicted molar refractivity (Wildman–Crippen MR) is 439 cm³/mol. The number of nitrogens with zero attached hydrogens (tertiary/aromatic N) is 2. The van der Waals surface area contributed by atoms with Crippen LogP contribution < -0.4 is 33.2 Å². The summed E-state index contributed by atoms with van der Waals surface area (Å²) >= 11 is 29.7. The summed E-state index contributed by atoms with van der Waals surface area (Å²) in [4.78, 5) is 88.6. The molecule has 0 saturated heterocycles. The van der Waals surface area contributed by atoms with Crippen molar-refractivity contribution < 1.29 is 151 Å². The molecular formula is C87H63Cl5F18N2O17. The molecule has 6 aliphatic rings. The van der Waals surface area contributed by atoms with E-state index in [9.17, 15) is 128 Å². The third-order valence-corrected chi connectivity index (χ3v) is 20.2. The Morgan fingerprint density at radius 3 is 1.05 bits per heavy atom. The van der Waals surface area contributed by atoms with Gasteiger partial charge in [0.05, 0.1) is 19.9 Å². The molecule has 8 aromatic carbocycles. The molecule has 14 rings (SSSR count). The molecule has 0 amide bonds. The van der Waals surface area contributed by atoms with E-state index in [1.165, 1.54) is 91.0 Å². The van der Waals surface area contributed by atoms with Crippen LogP contribution in [-0.4, -0.2) is 118 Å². The zero-order valence-corrected chi connectivity index (χ0v) is 71.4. The van der Waals surface area contributed by atoms with Gasteiger partial charge in [0.15, 0.2) is 34.7 Å². The lowest BCUT2D eigenvalue weighted by Gasteiger charge is -2.30. The van der Waals surface area contributed by atoms with Crippen LogP contribution in [0.15, 0.2) is 161 Å².